The smallest absolute Gasteiger partial charge is 0.387 e. The maximum Gasteiger partial charge on any atom is 0.387 e. The van der Waals surface area contributed by atoms with E-state index in [4.69, 9.17) is 14.8 Å². The molecule has 0 atom stereocenters. The Labute approximate surface area is 263 Å². The number of ether oxygens (including phenoxy) is 2. The predicted molar refractivity (Wildman–Crippen MR) is 170 cm³/mol. The summed E-state index contributed by atoms with van der Waals surface area (Å²) in [6.07, 6.45) is 1.61. The van der Waals surface area contributed by atoms with Crippen molar-refractivity contribution in [3.05, 3.63) is 119 Å². The van der Waals surface area contributed by atoms with E-state index >= 15 is 0 Å². The molecular formula is C33H28F2N4O4S2. The van der Waals surface area contributed by atoms with Crippen LogP contribution < -0.4 is 9.54 Å². The van der Waals surface area contributed by atoms with E-state index in [2.05, 4.69) is 16.9 Å². The van der Waals surface area contributed by atoms with Crippen LogP contribution in [0.25, 0.3) is 22.4 Å². The van der Waals surface area contributed by atoms with E-state index < -0.39 is 16.6 Å². The lowest BCUT2D eigenvalue weighted by Gasteiger charge is -2.26. The van der Waals surface area contributed by atoms with Gasteiger partial charge in [0, 0.05) is 24.0 Å². The molecule has 0 unspecified atom stereocenters. The number of aromatic nitrogens is 1. The number of morpholine rings is 1. The second-order valence-electron chi connectivity index (χ2n) is 9.97. The number of benzene rings is 4. The second kappa shape index (κ2) is 13.7. The molecule has 1 saturated heterocycles. The van der Waals surface area contributed by atoms with Crippen LogP contribution in [0.15, 0.2) is 123 Å². The molecule has 0 spiro atoms. The van der Waals surface area contributed by atoms with Crippen LogP contribution in [-0.4, -0.2) is 56.5 Å². The Morgan fingerprint density at radius 1 is 0.822 bits per heavy atom. The molecular weight excluding hydrogens is 619 g/mol. The molecule has 1 aliphatic rings. The van der Waals surface area contributed by atoms with Crippen LogP contribution in [0.5, 0.6) is 5.75 Å². The zero-order valence-corrected chi connectivity index (χ0v) is 25.5. The lowest BCUT2D eigenvalue weighted by Crippen LogP contribution is -2.40. The molecule has 0 radical (unpaired) electrons. The van der Waals surface area contributed by atoms with E-state index in [0.717, 1.165) is 22.4 Å². The maximum atomic E-state index is 13.1. The Morgan fingerprint density at radius 3 is 2.13 bits per heavy atom. The molecule has 0 saturated carbocycles. The van der Waals surface area contributed by atoms with Gasteiger partial charge in [0.1, 0.15) is 5.75 Å². The van der Waals surface area contributed by atoms with Crippen molar-refractivity contribution in [1.29, 1.82) is 0 Å². The topological polar surface area (TPSA) is 85.5 Å². The molecule has 0 N–H and O–H groups in total. The van der Waals surface area contributed by atoms with Gasteiger partial charge in [0.25, 0.3) is 0 Å². The minimum absolute atomic E-state index is 0.0549. The van der Waals surface area contributed by atoms with Crippen LogP contribution in [0, 0.1) is 0 Å². The molecule has 4 aromatic carbocycles. The molecule has 6 rings (SSSR count). The fourth-order valence-electron chi connectivity index (χ4n) is 4.75. The Morgan fingerprint density at radius 2 is 1.47 bits per heavy atom. The lowest BCUT2D eigenvalue weighted by molar-refractivity contribution is -0.0498. The summed E-state index contributed by atoms with van der Waals surface area (Å²) in [5, 5.41) is 6.65. The highest BCUT2D eigenvalue weighted by atomic mass is 32.2. The summed E-state index contributed by atoms with van der Waals surface area (Å²) in [5.74, 6) is 0.0549. The molecule has 0 amide bonds. The Bertz CT molecular complexity index is 1940. The van der Waals surface area contributed by atoms with Crippen LogP contribution >= 0.6 is 11.3 Å². The van der Waals surface area contributed by atoms with E-state index in [0.29, 0.717) is 42.4 Å². The van der Waals surface area contributed by atoms with E-state index in [1.807, 2.05) is 47.8 Å². The summed E-state index contributed by atoms with van der Waals surface area (Å²) in [7, 11) is -3.63. The first-order valence-electron chi connectivity index (χ1n) is 14.1. The van der Waals surface area contributed by atoms with Gasteiger partial charge in [-0.1, -0.05) is 54.6 Å². The van der Waals surface area contributed by atoms with E-state index in [1.54, 1.807) is 47.3 Å². The zero-order valence-electron chi connectivity index (χ0n) is 23.9. The van der Waals surface area contributed by atoms with Crippen LogP contribution in [0.2, 0.25) is 0 Å². The van der Waals surface area contributed by atoms with Gasteiger partial charge in [-0.3, -0.25) is 0 Å². The lowest BCUT2D eigenvalue weighted by atomic mass is 10.0. The number of rotatable bonds is 9. The Hall–Kier alpha value is -4.49. The van der Waals surface area contributed by atoms with Gasteiger partial charge in [-0.15, -0.1) is 11.3 Å². The van der Waals surface area contributed by atoms with Crippen LogP contribution in [0.3, 0.4) is 0 Å². The minimum Gasteiger partial charge on any atom is -0.435 e. The van der Waals surface area contributed by atoms with E-state index in [-0.39, 0.29) is 10.6 Å². The van der Waals surface area contributed by atoms with E-state index in [1.165, 1.54) is 27.8 Å². The van der Waals surface area contributed by atoms with Gasteiger partial charge < -0.3 is 9.47 Å². The quantitative estimate of drug-likeness (QED) is 0.169. The highest BCUT2D eigenvalue weighted by Crippen LogP contribution is 2.26. The number of nitrogens with zero attached hydrogens (tertiary/aromatic N) is 4. The van der Waals surface area contributed by atoms with Crippen molar-refractivity contribution in [2.24, 2.45) is 10.1 Å². The maximum absolute atomic E-state index is 13.1. The molecule has 1 fully saturated rings. The fraction of sp³-hybridized carbons (Fsp3) is 0.152. The number of sulfonamides is 1. The van der Waals surface area contributed by atoms with Crippen molar-refractivity contribution in [3.63, 3.8) is 0 Å². The molecule has 45 heavy (non-hydrogen) atoms. The van der Waals surface area contributed by atoms with Crippen molar-refractivity contribution in [2.45, 2.75) is 11.5 Å². The van der Waals surface area contributed by atoms with Gasteiger partial charge in [0.2, 0.25) is 14.8 Å². The van der Waals surface area contributed by atoms with Gasteiger partial charge in [0.05, 0.1) is 35.7 Å². The first kappa shape index (κ1) is 30.5. The normalized spacial score (nSPS) is 14.8. The largest absolute Gasteiger partial charge is 0.435 e. The van der Waals surface area contributed by atoms with Gasteiger partial charge in [0.15, 0.2) is 0 Å². The second-order valence-corrected chi connectivity index (χ2v) is 12.7. The summed E-state index contributed by atoms with van der Waals surface area (Å²) in [6, 6.07) is 30.8. The van der Waals surface area contributed by atoms with Crippen molar-refractivity contribution in [3.8, 4) is 28.1 Å². The summed E-state index contributed by atoms with van der Waals surface area (Å²) in [4.78, 5) is 5.53. The summed E-state index contributed by atoms with van der Waals surface area (Å²) < 4.78 is 64.1. The highest BCUT2D eigenvalue weighted by Gasteiger charge is 2.26. The van der Waals surface area contributed by atoms with Gasteiger partial charge in [-0.05, 0) is 65.2 Å². The molecule has 0 aliphatic carbocycles. The predicted octanol–water partition coefficient (Wildman–Crippen LogP) is 6.62. The fourth-order valence-corrected chi connectivity index (χ4v) is 7.01. The third kappa shape index (κ3) is 7.26. The standard InChI is InChI=1S/C33H28F2N4O4S2/c34-32(35)43-29-14-6-24(7-15-29)22-36-39-31(27-10-8-26(9-11-27)25-4-2-1-3-5-25)23-44-33(39)37-28-12-16-30(17-13-28)45(40,41)38-18-20-42-21-19-38/h1-17,22-23,32H,18-21H2/b36-22+,37-33?. The third-order valence-corrected chi connectivity index (χ3v) is 9.80. The first-order chi connectivity index (χ1) is 21.9. The highest BCUT2D eigenvalue weighted by molar-refractivity contribution is 7.89. The molecule has 8 nitrogen and oxygen atoms in total. The summed E-state index contributed by atoms with van der Waals surface area (Å²) >= 11 is 1.38. The molecule has 0 bridgehead atoms. The molecule has 5 aromatic rings. The Balaban J connectivity index is 1.34. The number of thiazole rings is 1. The van der Waals surface area contributed by atoms with Crippen LogP contribution in [-0.2, 0) is 14.8 Å². The minimum atomic E-state index is -3.63. The molecule has 2 heterocycles. The third-order valence-electron chi connectivity index (χ3n) is 7.07. The summed E-state index contributed by atoms with van der Waals surface area (Å²) in [5.41, 5.74) is 5.11. The van der Waals surface area contributed by atoms with Crippen LogP contribution in [0.4, 0.5) is 14.5 Å². The number of hydrogen-bond donors (Lipinski definition) is 0. The number of hydrogen-bond acceptors (Lipinski definition) is 7. The average Bonchev–Trinajstić information content (AvgIpc) is 3.47. The van der Waals surface area contributed by atoms with Crippen molar-refractivity contribution in [1.82, 2.24) is 8.98 Å². The Kier molecular flexibility index (Phi) is 9.26. The molecule has 230 valence electrons. The number of halogens is 2. The van der Waals surface area contributed by atoms with Gasteiger partial charge in [-0.2, -0.15) is 18.2 Å². The molecule has 1 aliphatic heterocycles. The summed E-state index contributed by atoms with van der Waals surface area (Å²) in [6.45, 7) is -1.52. The molecule has 1 aromatic heterocycles. The van der Waals surface area contributed by atoms with Gasteiger partial charge >= 0.3 is 6.61 Å². The van der Waals surface area contributed by atoms with Crippen molar-refractivity contribution < 1.29 is 26.7 Å². The zero-order chi connectivity index (χ0) is 31.2. The van der Waals surface area contributed by atoms with Crippen molar-refractivity contribution in [2.75, 3.05) is 26.3 Å². The monoisotopic (exact) mass is 646 g/mol. The molecule has 12 heteroatoms. The van der Waals surface area contributed by atoms with Gasteiger partial charge in [-0.25, -0.2) is 18.1 Å². The number of alkyl halides is 2. The van der Waals surface area contributed by atoms with Crippen molar-refractivity contribution >= 4 is 33.3 Å². The SMILES string of the molecule is O=S(=O)(c1ccc(N=c2scc(-c3ccc(-c4ccccc4)cc3)n2/N=C/c2ccc(OC(F)F)cc2)cc1)N1CCOCC1. The average molecular weight is 647 g/mol. The van der Waals surface area contributed by atoms with E-state index in [9.17, 15) is 17.2 Å². The first-order valence-corrected chi connectivity index (χ1v) is 16.4. The van der Waals surface area contributed by atoms with Crippen LogP contribution in [0.1, 0.15) is 5.56 Å².